The number of carbonyl (C=O) groups is 1. The summed E-state index contributed by atoms with van der Waals surface area (Å²) < 4.78 is 7.98. The van der Waals surface area contributed by atoms with Crippen LogP contribution in [0.5, 0.6) is 0 Å². The van der Waals surface area contributed by atoms with Crippen molar-refractivity contribution in [1.29, 1.82) is 0 Å². The minimum absolute atomic E-state index is 0.218. The van der Waals surface area contributed by atoms with Crippen LogP contribution >= 0.6 is 15.9 Å². The first-order valence-corrected chi connectivity index (χ1v) is 8.25. The topological polar surface area (TPSA) is 57.0 Å². The van der Waals surface area contributed by atoms with Gasteiger partial charge in [0.1, 0.15) is 6.61 Å². The molecule has 1 heterocycles. The maximum absolute atomic E-state index is 12.3. The van der Waals surface area contributed by atoms with Crippen molar-refractivity contribution in [3.63, 3.8) is 0 Å². The average molecular weight is 386 g/mol. The maximum atomic E-state index is 12.3. The van der Waals surface area contributed by atoms with Gasteiger partial charge in [0, 0.05) is 4.47 Å². The van der Waals surface area contributed by atoms with Crippen LogP contribution in [0.3, 0.4) is 0 Å². The molecule has 0 aliphatic carbocycles. The summed E-state index contributed by atoms with van der Waals surface area (Å²) in [5.41, 5.74) is 3.77. The van der Waals surface area contributed by atoms with E-state index in [9.17, 15) is 4.79 Å². The van der Waals surface area contributed by atoms with Crippen molar-refractivity contribution in [3.8, 4) is 5.69 Å². The number of benzene rings is 2. The normalized spacial score (nSPS) is 10.6. The van der Waals surface area contributed by atoms with E-state index in [0.717, 1.165) is 21.3 Å². The van der Waals surface area contributed by atoms with Crippen molar-refractivity contribution >= 4 is 21.9 Å². The molecule has 122 valence electrons. The number of aryl methyl sites for hydroxylation is 1. The highest BCUT2D eigenvalue weighted by molar-refractivity contribution is 9.10. The summed E-state index contributed by atoms with van der Waals surface area (Å²) in [4.78, 5) is 12.3. The number of hydrogen-bond acceptors (Lipinski definition) is 4. The van der Waals surface area contributed by atoms with Crippen LogP contribution in [0.15, 0.2) is 53.0 Å². The molecule has 0 fully saturated rings. The quantitative estimate of drug-likeness (QED) is 0.636. The summed E-state index contributed by atoms with van der Waals surface area (Å²) in [5, 5.41) is 8.04. The van der Waals surface area contributed by atoms with Gasteiger partial charge in [0.25, 0.3) is 0 Å². The van der Waals surface area contributed by atoms with Crippen molar-refractivity contribution in [2.75, 3.05) is 0 Å². The van der Waals surface area contributed by atoms with Crippen molar-refractivity contribution in [2.45, 2.75) is 20.5 Å². The zero-order valence-electron chi connectivity index (χ0n) is 13.4. The summed E-state index contributed by atoms with van der Waals surface area (Å²) in [5.74, 6) is -0.473. The summed E-state index contributed by atoms with van der Waals surface area (Å²) in [6, 6.07) is 15.4. The number of hydrogen-bond donors (Lipinski definition) is 0. The Balaban J connectivity index is 1.76. The van der Waals surface area contributed by atoms with Crippen LogP contribution in [0.2, 0.25) is 0 Å². The molecule has 0 unspecified atom stereocenters. The van der Waals surface area contributed by atoms with Gasteiger partial charge in [-0.1, -0.05) is 45.4 Å². The summed E-state index contributed by atoms with van der Waals surface area (Å²) >= 11 is 3.39. The van der Waals surface area contributed by atoms with Crippen molar-refractivity contribution in [3.05, 3.63) is 75.5 Å². The standard InChI is InChI=1S/C18H16BrN3O2/c1-12-5-3-4-6-14(12)11-24-18(23)17-13(2)22(21-20-17)16-9-7-15(19)8-10-16/h3-10H,11H2,1-2H3. The first-order chi connectivity index (χ1) is 11.6. The molecule has 1 aromatic heterocycles. The largest absolute Gasteiger partial charge is 0.456 e. The molecule has 0 saturated carbocycles. The summed E-state index contributed by atoms with van der Waals surface area (Å²) in [6.45, 7) is 4.00. The Labute approximate surface area is 148 Å². The highest BCUT2D eigenvalue weighted by atomic mass is 79.9. The van der Waals surface area contributed by atoms with Gasteiger partial charge in [-0.05, 0) is 49.2 Å². The van der Waals surface area contributed by atoms with E-state index >= 15 is 0 Å². The van der Waals surface area contributed by atoms with Gasteiger partial charge in [-0.15, -0.1) is 5.10 Å². The molecule has 0 radical (unpaired) electrons. The molecular weight excluding hydrogens is 370 g/mol. The number of aromatic nitrogens is 3. The van der Waals surface area contributed by atoms with E-state index in [0.29, 0.717) is 5.69 Å². The molecule has 2 aromatic carbocycles. The Morgan fingerprint density at radius 1 is 1.12 bits per heavy atom. The van der Waals surface area contributed by atoms with Gasteiger partial charge >= 0.3 is 5.97 Å². The molecule has 3 rings (SSSR count). The highest BCUT2D eigenvalue weighted by Gasteiger charge is 2.19. The fraction of sp³-hybridized carbons (Fsp3) is 0.167. The molecule has 0 aliphatic heterocycles. The molecule has 0 aliphatic rings. The second kappa shape index (κ2) is 6.97. The second-order valence-electron chi connectivity index (χ2n) is 5.41. The van der Waals surface area contributed by atoms with Gasteiger partial charge in [-0.2, -0.15) is 0 Å². The number of rotatable bonds is 4. The molecule has 3 aromatic rings. The minimum Gasteiger partial charge on any atom is -0.456 e. The SMILES string of the molecule is Cc1ccccc1COC(=O)c1nnn(-c2ccc(Br)cc2)c1C. The smallest absolute Gasteiger partial charge is 0.361 e. The second-order valence-corrected chi connectivity index (χ2v) is 6.33. The Bertz CT molecular complexity index is 872. The van der Waals surface area contributed by atoms with Gasteiger partial charge in [0.05, 0.1) is 11.4 Å². The van der Waals surface area contributed by atoms with E-state index in [1.807, 2.05) is 55.5 Å². The van der Waals surface area contributed by atoms with Gasteiger partial charge in [-0.3, -0.25) is 0 Å². The van der Waals surface area contributed by atoms with E-state index in [2.05, 4.69) is 26.2 Å². The Kier molecular flexibility index (Phi) is 4.76. The number of ether oxygens (including phenoxy) is 1. The van der Waals surface area contributed by atoms with Gasteiger partial charge in [0.2, 0.25) is 0 Å². The fourth-order valence-corrected chi connectivity index (χ4v) is 2.59. The van der Waals surface area contributed by atoms with E-state index in [1.165, 1.54) is 0 Å². The third kappa shape index (κ3) is 3.38. The molecule has 5 nitrogen and oxygen atoms in total. The van der Waals surface area contributed by atoms with Crippen molar-refractivity contribution in [2.24, 2.45) is 0 Å². The Hall–Kier alpha value is -2.47. The minimum atomic E-state index is -0.473. The van der Waals surface area contributed by atoms with Crippen LogP contribution in [0.4, 0.5) is 0 Å². The third-order valence-corrected chi connectivity index (χ3v) is 4.31. The lowest BCUT2D eigenvalue weighted by Crippen LogP contribution is -2.09. The number of esters is 1. The van der Waals surface area contributed by atoms with Crippen LogP contribution in [0, 0.1) is 13.8 Å². The molecule has 0 spiro atoms. The van der Waals surface area contributed by atoms with Crippen LogP contribution in [0.25, 0.3) is 5.69 Å². The molecular formula is C18H16BrN3O2. The van der Waals surface area contributed by atoms with E-state index < -0.39 is 5.97 Å². The maximum Gasteiger partial charge on any atom is 0.361 e. The molecule has 0 N–H and O–H groups in total. The number of halogens is 1. The molecule has 0 atom stereocenters. The number of nitrogens with zero attached hydrogens (tertiary/aromatic N) is 3. The lowest BCUT2D eigenvalue weighted by molar-refractivity contribution is 0.0464. The van der Waals surface area contributed by atoms with E-state index in [-0.39, 0.29) is 12.3 Å². The first kappa shape index (κ1) is 16.4. The molecule has 0 bridgehead atoms. The lowest BCUT2D eigenvalue weighted by Gasteiger charge is -2.07. The zero-order valence-corrected chi connectivity index (χ0v) is 14.9. The average Bonchev–Trinajstić information content (AvgIpc) is 2.96. The Morgan fingerprint density at radius 3 is 2.54 bits per heavy atom. The molecule has 6 heteroatoms. The van der Waals surface area contributed by atoms with E-state index in [1.54, 1.807) is 11.6 Å². The summed E-state index contributed by atoms with van der Waals surface area (Å²) in [7, 11) is 0. The van der Waals surface area contributed by atoms with Crippen molar-refractivity contribution in [1.82, 2.24) is 15.0 Å². The van der Waals surface area contributed by atoms with E-state index in [4.69, 9.17) is 4.74 Å². The van der Waals surface area contributed by atoms with Crippen LogP contribution in [-0.2, 0) is 11.3 Å². The fourth-order valence-electron chi connectivity index (χ4n) is 2.33. The van der Waals surface area contributed by atoms with Gasteiger partial charge in [0.15, 0.2) is 5.69 Å². The van der Waals surface area contributed by atoms with Crippen LogP contribution < -0.4 is 0 Å². The number of carbonyl (C=O) groups excluding carboxylic acids is 1. The Morgan fingerprint density at radius 2 is 1.83 bits per heavy atom. The zero-order chi connectivity index (χ0) is 17.1. The first-order valence-electron chi connectivity index (χ1n) is 7.46. The van der Waals surface area contributed by atoms with Gasteiger partial charge < -0.3 is 4.74 Å². The summed E-state index contributed by atoms with van der Waals surface area (Å²) in [6.07, 6.45) is 0. The van der Waals surface area contributed by atoms with Crippen molar-refractivity contribution < 1.29 is 9.53 Å². The molecule has 0 amide bonds. The molecule has 24 heavy (non-hydrogen) atoms. The lowest BCUT2D eigenvalue weighted by atomic mass is 10.1. The monoisotopic (exact) mass is 385 g/mol. The molecule has 0 saturated heterocycles. The predicted octanol–water partition coefficient (Wildman–Crippen LogP) is 4.00. The van der Waals surface area contributed by atoms with Gasteiger partial charge in [-0.25, -0.2) is 9.48 Å². The van der Waals surface area contributed by atoms with Crippen LogP contribution in [-0.4, -0.2) is 21.0 Å². The third-order valence-electron chi connectivity index (χ3n) is 3.78. The highest BCUT2D eigenvalue weighted by Crippen LogP contribution is 2.17. The van der Waals surface area contributed by atoms with Crippen LogP contribution in [0.1, 0.15) is 27.3 Å². The predicted molar refractivity (Wildman–Crippen MR) is 94.1 cm³/mol.